The molecule has 1 aromatic carbocycles. The van der Waals surface area contributed by atoms with Gasteiger partial charge >= 0.3 is 0 Å². The minimum absolute atomic E-state index is 0.264. The maximum absolute atomic E-state index is 14.1. The number of rotatable bonds is 4. The van der Waals surface area contributed by atoms with E-state index in [0.29, 0.717) is 10.6 Å². The molecule has 20 heavy (non-hydrogen) atoms. The molecular weight excluding hydrogens is 273 g/mol. The Morgan fingerprint density at radius 2 is 2.05 bits per heavy atom. The molecule has 1 aromatic heterocycles. The summed E-state index contributed by atoms with van der Waals surface area (Å²) in [7, 11) is 1.80. The van der Waals surface area contributed by atoms with Crippen molar-refractivity contribution >= 4 is 11.9 Å². The van der Waals surface area contributed by atoms with E-state index in [4.69, 9.17) is 5.26 Å². The maximum Gasteiger partial charge on any atom is 0.138 e. The van der Waals surface area contributed by atoms with Gasteiger partial charge < -0.3 is 4.57 Å². The molecule has 0 bridgehead atoms. The third kappa shape index (κ3) is 3.03. The van der Waals surface area contributed by atoms with Crippen molar-refractivity contribution in [3.05, 3.63) is 41.8 Å². The molecule has 104 valence electrons. The lowest BCUT2D eigenvalue weighted by Gasteiger charge is -2.10. The van der Waals surface area contributed by atoms with E-state index in [2.05, 4.69) is 10.8 Å². The van der Waals surface area contributed by atoms with E-state index in [9.17, 15) is 4.39 Å². The van der Waals surface area contributed by atoms with Crippen molar-refractivity contribution in [2.24, 2.45) is 7.05 Å². The lowest BCUT2D eigenvalue weighted by molar-refractivity contribution is 0.601. The molecule has 0 spiro atoms. The van der Waals surface area contributed by atoms with Gasteiger partial charge in [0, 0.05) is 24.3 Å². The molecular formula is C15H16FN3S. The van der Waals surface area contributed by atoms with E-state index in [1.54, 1.807) is 23.7 Å². The monoisotopic (exact) mass is 289 g/mol. The predicted molar refractivity (Wildman–Crippen MR) is 79.7 cm³/mol. The molecule has 0 radical (unpaired) electrons. The molecule has 0 fully saturated rings. The zero-order chi connectivity index (χ0) is 14.7. The van der Waals surface area contributed by atoms with E-state index >= 15 is 0 Å². The van der Waals surface area contributed by atoms with Gasteiger partial charge in [-0.05, 0) is 50.1 Å². The quantitative estimate of drug-likeness (QED) is 0.872. The Balaban J connectivity index is 2.29. The van der Waals surface area contributed by atoms with Crippen LogP contribution in [0.3, 0.4) is 0 Å². The van der Waals surface area contributed by atoms with Crippen LogP contribution in [0.4, 0.5) is 4.39 Å². The predicted octanol–water partition coefficient (Wildman–Crippen LogP) is 3.71. The van der Waals surface area contributed by atoms with Gasteiger partial charge in [-0.3, -0.25) is 4.72 Å². The highest BCUT2D eigenvalue weighted by molar-refractivity contribution is 7.97. The normalized spacial score (nSPS) is 10.8. The number of nitrogens with zero attached hydrogens (tertiary/aromatic N) is 2. The fraction of sp³-hybridized carbons (Fsp3) is 0.267. The van der Waals surface area contributed by atoms with Gasteiger partial charge in [0.1, 0.15) is 17.6 Å². The van der Waals surface area contributed by atoms with Crippen LogP contribution in [-0.4, -0.2) is 10.6 Å². The summed E-state index contributed by atoms with van der Waals surface area (Å²) in [4.78, 5) is 0.567. The van der Waals surface area contributed by atoms with Crippen LogP contribution in [-0.2, 0) is 7.05 Å². The number of nitriles is 1. The second-order valence-corrected chi connectivity index (χ2v) is 5.67. The molecule has 5 heteroatoms. The van der Waals surface area contributed by atoms with Crippen molar-refractivity contribution in [2.75, 3.05) is 0 Å². The largest absolute Gasteiger partial charge is 0.335 e. The van der Waals surface area contributed by atoms with Gasteiger partial charge in [-0.1, -0.05) is 6.07 Å². The zero-order valence-electron chi connectivity index (χ0n) is 11.6. The summed E-state index contributed by atoms with van der Waals surface area (Å²) in [5.41, 5.74) is 2.15. The third-order valence-electron chi connectivity index (χ3n) is 2.87. The van der Waals surface area contributed by atoms with Gasteiger partial charge in [-0.15, -0.1) is 0 Å². The van der Waals surface area contributed by atoms with Crippen molar-refractivity contribution in [2.45, 2.75) is 24.8 Å². The first kappa shape index (κ1) is 14.6. The summed E-state index contributed by atoms with van der Waals surface area (Å²) in [5.74, 6) is -0.264. The number of nitrogens with one attached hydrogen (secondary N) is 1. The molecule has 0 aliphatic heterocycles. The van der Waals surface area contributed by atoms with Crippen molar-refractivity contribution in [3.63, 3.8) is 0 Å². The van der Waals surface area contributed by atoms with Crippen molar-refractivity contribution in [1.29, 1.82) is 5.26 Å². The van der Waals surface area contributed by atoms with Crippen LogP contribution in [0, 0.1) is 17.1 Å². The van der Waals surface area contributed by atoms with Crippen molar-refractivity contribution in [3.8, 4) is 17.3 Å². The highest BCUT2D eigenvalue weighted by Gasteiger charge is 2.10. The van der Waals surface area contributed by atoms with Gasteiger partial charge in [-0.25, -0.2) is 4.39 Å². The number of halogens is 1. The van der Waals surface area contributed by atoms with Crippen LogP contribution in [0.25, 0.3) is 11.3 Å². The molecule has 3 nitrogen and oxygen atoms in total. The van der Waals surface area contributed by atoms with Gasteiger partial charge in [0.05, 0.1) is 4.90 Å². The summed E-state index contributed by atoms with van der Waals surface area (Å²) in [6.07, 6.45) is 0. The van der Waals surface area contributed by atoms with E-state index in [0.717, 1.165) is 11.3 Å². The Kier molecular flexibility index (Phi) is 4.48. The molecule has 0 atom stereocenters. The van der Waals surface area contributed by atoms with Crippen LogP contribution in [0.15, 0.2) is 35.2 Å². The summed E-state index contributed by atoms with van der Waals surface area (Å²) in [6, 6.07) is 11.1. The molecule has 0 aliphatic rings. The standard InChI is InChI=1S/C15H16FN3S/c1-10(2)18-20-15-7-4-11(8-13(15)16)14-6-5-12(9-17)19(14)3/h4-8,10,18H,1-3H3. The molecule has 2 aromatic rings. The highest BCUT2D eigenvalue weighted by Crippen LogP contribution is 2.27. The molecule has 2 rings (SSSR count). The average Bonchev–Trinajstić information content (AvgIpc) is 2.78. The third-order valence-corrected chi connectivity index (χ3v) is 4.01. The lowest BCUT2D eigenvalue weighted by atomic mass is 10.1. The van der Waals surface area contributed by atoms with Gasteiger partial charge in [0.25, 0.3) is 0 Å². The highest BCUT2D eigenvalue weighted by atomic mass is 32.2. The summed E-state index contributed by atoms with van der Waals surface area (Å²) in [6.45, 7) is 4.01. The van der Waals surface area contributed by atoms with Crippen LogP contribution < -0.4 is 4.72 Å². The summed E-state index contributed by atoms with van der Waals surface area (Å²) in [5, 5.41) is 8.94. The first-order chi connectivity index (χ1) is 9.52. The van der Waals surface area contributed by atoms with Gasteiger partial charge in [0.15, 0.2) is 0 Å². The van der Waals surface area contributed by atoms with E-state index in [-0.39, 0.29) is 11.9 Å². The topological polar surface area (TPSA) is 40.8 Å². The molecule has 0 saturated heterocycles. The van der Waals surface area contributed by atoms with Crippen LogP contribution in [0.5, 0.6) is 0 Å². The minimum Gasteiger partial charge on any atom is -0.335 e. The Bertz CT molecular complexity index is 656. The molecule has 0 saturated carbocycles. The minimum atomic E-state index is -0.264. The molecule has 0 unspecified atom stereocenters. The summed E-state index contributed by atoms with van der Waals surface area (Å²) >= 11 is 1.29. The van der Waals surface area contributed by atoms with E-state index in [1.807, 2.05) is 26.0 Å². The Labute approximate surface area is 122 Å². The van der Waals surface area contributed by atoms with Gasteiger partial charge in [-0.2, -0.15) is 5.26 Å². The van der Waals surface area contributed by atoms with E-state index < -0.39 is 0 Å². The molecule has 0 aliphatic carbocycles. The molecule has 1 heterocycles. The Morgan fingerprint density at radius 3 is 2.60 bits per heavy atom. The second-order valence-electron chi connectivity index (χ2n) is 4.79. The Morgan fingerprint density at radius 1 is 1.30 bits per heavy atom. The first-order valence-corrected chi connectivity index (χ1v) is 7.12. The van der Waals surface area contributed by atoms with Crippen LogP contribution >= 0.6 is 11.9 Å². The first-order valence-electron chi connectivity index (χ1n) is 6.31. The smallest absolute Gasteiger partial charge is 0.138 e. The number of benzene rings is 1. The SMILES string of the molecule is CC(C)NSc1ccc(-c2ccc(C#N)n2C)cc1F. The number of hydrogen-bond donors (Lipinski definition) is 1. The Hall–Kier alpha value is -1.77. The summed E-state index contributed by atoms with van der Waals surface area (Å²) < 4.78 is 18.9. The average molecular weight is 289 g/mol. The van der Waals surface area contributed by atoms with Crippen LogP contribution in [0.2, 0.25) is 0 Å². The molecule has 0 amide bonds. The lowest BCUT2D eigenvalue weighted by Crippen LogP contribution is -2.13. The number of aromatic nitrogens is 1. The molecule has 1 N–H and O–H groups in total. The van der Waals surface area contributed by atoms with Crippen LogP contribution in [0.1, 0.15) is 19.5 Å². The van der Waals surface area contributed by atoms with Gasteiger partial charge in [0.2, 0.25) is 0 Å². The maximum atomic E-state index is 14.1. The fourth-order valence-corrected chi connectivity index (χ4v) is 2.49. The second kappa shape index (κ2) is 6.12. The van der Waals surface area contributed by atoms with Crippen molar-refractivity contribution < 1.29 is 4.39 Å². The van der Waals surface area contributed by atoms with E-state index in [1.165, 1.54) is 18.0 Å². The van der Waals surface area contributed by atoms with Crippen molar-refractivity contribution in [1.82, 2.24) is 9.29 Å². The fourth-order valence-electron chi connectivity index (χ4n) is 1.84. The number of hydrogen-bond acceptors (Lipinski definition) is 3. The zero-order valence-corrected chi connectivity index (χ0v) is 12.5.